The van der Waals surface area contributed by atoms with Gasteiger partial charge in [-0.15, -0.1) is 0 Å². The SMILES string of the molecule is CC1CC(C2=C3Sc4ccccc4N3CC2)=CC(=C2CC[n+]3c2sc2ccccc23)C1. The van der Waals surface area contributed by atoms with E-state index in [4.69, 9.17) is 0 Å². The van der Waals surface area contributed by atoms with Gasteiger partial charge in [0.1, 0.15) is 4.70 Å². The number of allylic oxidation sites excluding steroid dienone is 4. The lowest BCUT2D eigenvalue weighted by Crippen LogP contribution is -2.30. The van der Waals surface area contributed by atoms with E-state index in [-0.39, 0.29) is 0 Å². The smallest absolute Gasteiger partial charge is 0.266 e. The Morgan fingerprint density at radius 2 is 1.84 bits per heavy atom. The molecule has 0 saturated heterocycles. The fourth-order valence-corrected chi connectivity index (χ4v) is 8.38. The molecular weight excluding hydrogens is 416 g/mol. The summed E-state index contributed by atoms with van der Waals surface area (Å²) in [4.78, 5) is 3.97. The first-order valence-electron chi connectivity index (χ1n) is 11.4. The van der Waals surface area contributed by atoms with E-state index in [1.807, 2.05) is 23.1 Å². The third-order valence-electron chi connectivity index (χ3n) is 7.16. The zero-order valence-corrected chi connectivity index (χ0v) is 19.4. The van der Waals surface area contributed by atoms with E-state index in [1.54, 1.807) is 22.3 Å². The van der Waals surface area contributed by atoms with Crippen LogP contribution in [0.25, 0.3) is 15.8 Å². The third kappa shape index (κ3) is 2.74. The number of aryl methyl sites for hydroxylation is 1. The molecule has 1 unspecified atom stereocenters. The summed E-state index contributed by atoms with van der Waals surface area (Å²) < 4.78 is 3.97. The van der Waals surface area contributed by atoms with Crippen LogP contribution in [0.5, 0.6) is 0 Å². The van der Waals surface area contributed by atoms with Gasteiger partial charge in [0.25, 0.3) is 5.01 Å². The molecule has 0 fully saturated rings. The molecule has 7 rings (SSSR count). The first kappa shape index (κ1) is 18.3. The fourth-order valence-electron chi connectivity index (χ4n) is 5.79. The molecule has 0 bridgehead atoms. The number of para-hydroxylation sites is 2. The van der Waals surface area contributed by atoms with Crippen LogP contribution < -0.4 is 9.47 Å². The summed E-state index contributed by atoms with van der Waals surface area (Å²) in [6.07, 6.45) is 7.38. The molecule has 2 aromatic carbocycles. The number of hydrogen-bond donors (Lipinski definition) is 0. The van der Waals surface area contributed by atoms with Gasteiger partial charge in [0.2, 0.25) is 5.52 Å². The lowest BCUT2D eigenvalue weighted by molar-refractivity contribution is -0.659. The van der Waals surface area contributed by atoms with Crippen molar-refractivity contribution in [2.75, 3.05) is 11.4 Å². The van der Waals surface area contributed by atoms with Crippen molar-refractivity contribution in [2.24, 2.45) is 5.92 Å². The van der Waals surface area contributed by atoms with Crippen LogP contribution in [-0.4, -0.2) is 6.54 Å². The summed E-state index contributed by atoms with van der Waals surface area (Å²) in [6.45, 7) is 4.70. The summed E-state index contributed by atoms with van der Waals surface area (Å²) in [6, 6.07) is 17.8. The second-order valence-electron chi connectivity index (χ2n) is 9.22. The van der Waals surface area contributed by atoms with Crippen molar-refractivity contribution >= 4 is 44.6 Å². The Morgan fingerprint density at radius 1 is 0.968 bits per heavy atom. The zero-order chi connectivity index (χ0) is 20.5. The first-order valence-corrected chi connectivity index (χ1v) is 13.0. The number of aromatic nitrogens is 1. The lowest BCUT2D eigenvalue weighted by atomic mass is 9.82. The first-order chi connectivity index (χ1) is 15.3. The van der Waals surface area contributed by atoms with Crippen molar-refractivity contribution < 1.29 is 4.57 Å². The minimum atomic E-state index is 0.710. The van der Waals surface area contributed by atoms with Crippen molar-refractivity contribution in [1.82, 2.24) is 0 Å². The van der Waals surface area contributed by atoms with Crippen molar-refractivity contribution in [2.45, 2.75) is 44.0 Å². The van der Waals surface area contributed by atoms with Crippen LogP contribution in [-0.2, 0) is 6.54 Å². The number of thioether (sulfide) groups is 1. The fraction of sp³-hybridized carbons (Fsp3) is 0.296. The largest absolute Gasteiger partial charge is 0.334 e. The van der Waals surface area contributed by atoms with E-state index in [1.165, 1.54) is 56.5 Å². The highest BCUT2D eigenvalue weighted by Crippen LogP contribution is 2.53. The molecule has 1 aliphatic carbocycles. The predicted octanol–water partition coefficient (Wildman–Crippen LogP) is 6.93. The molecule has 0 saturated carbocycles. The van der Waals surface area contributed by atoms with E-state index < -0.39 is 0 Å². The average Bonchev–Trinajstić information content (AvgIpc) is 3.52. The molecule has 0 N–H and O–H groups in total. The van der Waals surface area contributed by atoms with Crippen LogP contribution in [0.15, 0.2) is 81.3 Å². The second-order valence-corrected chi connectivity index (χ2v) is 11.3. The van der Waals surface area contributed by atoms with E-state index in [0.717, 1.165) is 13.1 Å². The van der Waals surface area contributed by atoms with Gasteiger partial charge in [0.05, 0.1) is 10.7 Å². The topological polar surface area (TPSA) is 7.12 Å². The molecule has 1 atom stereocenters. The molecule has 4 aliphatic rings. The highest BCUT2D eigenvalue weighted by atomic mass is 32.2. The molecular formula is C27H25N2S2+. The van der Waals surface area contributed by atoms with Gasteiger partial charge >= 0.3 is 0 Å². The molecule has 31 heavy (non-hydrogen) atoms. The molecule has 4 heterocycles. The van der Waals surface area contributed by atoms with Crippen molar-refractivity contribution in [3.63, 3.8) is 0 Å². The molecule has 1 aromatic heterocycles. The molecule has 0 amide bonds. The van der Waals surface area contributed by atoms with Crippen molar-refractivity contribution in [1.29, 1.82) is 0 Å². The third-order valence-corrected chi connectivity index (χ3v) is 9.61. The maximum Gasteiger partial charge on any atom is 0.266 e. The molecule has 0 spiro atoms. The number of nitrogens with zero attached hydrogens (tertiary/aromatic N) is 2. The minimum absolute atomic E-state index is 0.710. The normalized spacial score (nSPS) is 24.6. The Hall–Kier alpha value is -2.30. The maximum absolute atomic E-state index is 2.59. The van der Waals surface area contributed by atoms with Gasteiger partial charge in [-0.25, -0.2) is 0 Å². The zero-order valence-electron chi connectivity index (χ0n) is 17.7. The number of fused-ring (bicyclic) bond motifs is 6. The summed E-state index contributed by atoms with van der Waals surface area (Å²) in [5.41, 5.74) is 9.21. The summed E-state index contributed by atoms with van der Waals surface area (Å²) in [5.74, 6) is 0.710. The molecule has 0 radical (unpaired) electrons. The van der Waals surface area contributed by atoms with Crippen LogP contribution in [0.4, 0.5) is 5.69 Å². The van der Waals surface area contributed by atoms with Crippen LogP contribution in [0, 0.1) is 5.92 Å². The van der Waals surface area contributed by atoms with E-state index in [0.29, 0.717) is 5.92 Å². The van der Waals surface area contributed by atoms with Crippen LogP contribution in [0.3, 0.4) is 0 Å². The van der Waals surface area contributed by atoms with Gasteiger partial charge in [-0.05, 0) is 60.1 Å². The Bertz CT molecular complexity index is 1340. The van der Waals surface area contributed by atoms with E-state index in [9.17, 15) is 0 Å². The van der Waals surface area contributed by atoms with Crippen LogP contribution in [0.2, 0.25) is 0 Å². The summed E-state index contributed by atoms with van der Waals surface area (Å²) in [5, 5.41) is 2.99. The van der Waals surface area contributed by atoms with Crippen molar-refractivity contribution in [3.8, 4) is 0 Å². The molecule has 3 aliphatic heterocycles. The highest BCUT2D eigenvalue weighted by molar-refractivity contribution is 8.03. The van der Waals surface area contributed by atoms with Crippen LogP contribution >= 0.6 is 23.1 Å². The average molecular weight is 442 g/mol. The number of thiazole rings is 1. The lowest BCUT2D eigenvalue weighted by Gasteiger charge is -2.23. The van der Waals surface area contributed by atoms with Gasteiger partial charge < -0.3 is 4.90 Å². The van der Waals surface area contributed by atoms with Gasteiger partial charge in [0, 0.05) is 29.5 Å². The number of benzene rings is 2. The van der Waals surface area contributed by atoms with E-state index in [2.05, 4.69) is 71.0 Å². The number of rotatable bonds is 1. The predicted molar refractivity (Wildman–Crippen MR) is 131 cm³/mol. The highest BCUT2D eigenvalue weighted by Gasteiger charge is 2.36. The van der Waals surface area contributed by atoms with Gasteiger partial charge in [-0.1, -0.05) is 60.4 Å². The molecule has 2 nitrogen and oxygen atoms in total. The second kappa shape index (κ2) is 6.85. The van der Waals surface area contributed by atoms with E-state index >= 15 is 0 Å². The maximum atomic E-state index is 2.59. The molecule has 154 valence electrons. The Labute approximate surface area is 191 Å². The number of anilines is 1. The van der Waals surface area contributed by atoms with Gasteiger partial charge in [-0.2, -0.15) is 4.57 Å². The number of hydrogen-bond acceptors (Lipinski definition) is 3. The van der Waals surface area contributed by atoms with Crippen molar-refractivity contribution in [3.05, 3.63) is 81.4 Å². The Balaban J connectivity index is 1.33. The minimum Gasteiger partial charge on any atom is -0.334 e. The quantitative estimate of drug-likeness (QED) is 0.378. The van der Waals surface area contributed by atoms with Gasteiger partial charge in [-0.3, -0.25) is 0 Å². The monoisotopic (exact) mass is 441 g/mol. The standard InChI is InChI=1S/C27H25N2S2/c1-17-14-18(20-10-12-28-22-6-2-4-8-24(22)30-26(20)28)16-19(15-17)21-11-13-29-23-7-3-5-9-25(23)31-27(21)29/h2-9,16-17H,10-15H2,1H3/q+1. The van der Waals surface area contributed by atoms with Gasteiger partial charge in [0.15, 0.2) is 6.54 Å². The summed E-state index contributed by atoms with van der Waals surface area (Å²) in [7, 11) is 0. The molecule has 3 aromatic rings. The van der Waals surface area contributed by atoms with Crippen LogP contribution in [0.1, 0.15) is 37.6 Å². The Morgan fingerprint density at radius 3 is 2.81 bits per heavy atom. The summed E-state index contributed by atoms with van der Waals surface area (Å²) >= 11 is 3.96. The molecule has 4 heteroatoms. The Kier molecular flexibility index (Phi) is 4.04.